The van der Waals surface area contributed by atoms with Crippen molar-refractivity contribution >= 4 is 17.9 Å². The molecule has 87 valence electrons. The Labute approximate surface area is 90.3 Å². The number of aliphatic hydroxyl groups is 1. The summed E-state index contributed by atoms with van der Waals surface area (Å²) in [6.45, 7) is 0. The Morgan fingerprint density at radius 1 is 1.07 bits per heavy atom. The van der Waals surface area contributed by atoms with E-state index in [9.17, 15) is 29.7 Å². The van der Waals surface area contributed by atoms with E-state index in [0.29, 0.717) is 0 Å². The van der Waals surface area contributed by atoms with Crippen LogP contribution in [0.2, 0.25) is 0 Å². The molecule has 0 unspecified atom stereocenters. The van der Waals surface area contributed by atoms with Crippen molar-refractivity contribution in [2.45, 2.75) is 18.4 Å². The van der Waals surface area contributed by atoms with Crippen LogP contribution in [0.5, 0.6) is 0 Å². The molecule has 0 amide bonds. The van der Waals surface area contributed by atoms with Crippen LogP contribution in [-0.4, -0.2) is 28.6 Å². The zero-order chi connectivity index (χ0) is 10.6. The van der Waals surface area contributed by atoms with E-state index < -0.39 is 36.4 Å². The third-order valence-corrected chi connectivity index (χ3v) is 1.25. The molecule has 1 radical (unpaired) electrons. The monoisotopic (exact) mass is 253 g/mol. The van der Waals surface area contributed by atoms with Gasteiger partial charge in [0, 0.05) is 41.8 Å². The Morgan fingerprint density at radius 2 is 1.36 bits per heavy atom. The molecule has 14 heavy (non-hydrogen) atoms. The van der Waals surface area contributed by atoms with Crippen molar-refractivity contribution in [3.63, 3.8) is 0 Å². The van der Waals surface area contributed by atoms with Crippen molar-refractivity contribution in [3.8, 4) is 0 Å². The van der Waals surface area contributed by atoms with E-state index in [-0.39, 0.29) is 18.5 Å². The molecule has 0 aromatic rings. The van der Waals surface area contributed by atoms with Gasteiger partial charge in [0.05, 0.1) is 5.97 Å². The van der Waals surface area contributed by atoms with E-state index in [1.54, 1.807) is 0 Å². The first-order valence-corrected chi connectivity index (χ1v) is 3.11. The molecule has 0 spiro atoms. The first-order valence-electron chi connectivity index (χ1n) is 3.11. The zero-order valence-electron chi connectivity index (χ0n) is 7.61. The average molecular weight is 254 g/mol. The molecule has 8 heteroatoms. The number of rotatable bonds is 5. The molecule has 0 aromatic heterocycles. The molecule has 0 aliphatic heterocycles. The second-order valence-electron chi connectivity index (χ2n) is 2.42. The van der Waals surface area contributed by atoms with E-state index >= 15 is 0 Å². The number of carboxylic acids is 3. The molecular weight excluding hydrogens is 248 g/mol. The maximum absolute atomic E-state index is 10.1. The Bertz CT molecular complexity index is 238. The molecule has 0 aliphatic carbocycles. The minimum Gasteiger partial charge on any atom is -1.00 e. The van der Waals surface area contributed by atoms with Crippen LogP contribution in [0.4, 0.5) is 0 Å². The van der Waals surface area contributed by atoms with Crippen LogP contribution in [0.1, 0.15) is 14.3 Å². The topological polar surface area (TPSA) is 141 Å². The largest absolute Gasteiger partial charge is 1.00 e. The number of carboxylic acid groups (broad SMARTS) is 3. The van der Waals surface area contributed by atoms with Crippen molar-refractivity contribution < 1.29 is 53.3 Å². The molecule has 0 bridgehead atoms. The number of hydrogen-bond donors (Lipinski definition) is 1. The standard InChI is InChI=1S/C6H8O7.Cu.H/c7-3(8)1-6(13,5(11)12)2-4(9)10;;/h13H,1-2H2,(H,7,8)(H,9,10)(H,11,12);;/q;;-1/p-3. The summed E-state index contributed by atoms with van der Waals surface area (Å²) in [5, 5.41) is 38.9. The average Bonchev–Trinajstić information content (AvgIpc) is 1.82. The Hall–Kier alpha value is -1.11. The van der Waals surface area contributed by atoms with Gasteiger partial charge in [0.1, 0.15) is 5.60 Å². The van der Waals surface area contributed by atoms with Crippen LogP contribution >= 0.6 is 0 Å². The van der Waals surface area contributed by atoms with E-state index in [2.05, 4.69) is 0 Å². The summed E-state index contributed by atoms with van der Waals surface area (Å²) in [6.07, 6.45) is -2.72. The van der Waals surface area contributed by atoms with Gasteiger partial charge in [-0.15, -0.1) is 0 Å². The quantitative estimate of drug-likeness (QED) is 0.483. The van der Waals surface area contributed by atoms with Gasteiger partial charge in [0.25, 0.3) is 0 Å². The van der Waals surface area contributed by atoms with Gasteiger partial charge in [-0.3, -0.25) is 0 Å². The maximum Gasteiger partial charge on any atom is 0.114 e. The first-order chi connectivity index (χ1) is 5.78. The van der Waals surface area contributed by atoms with Gasteiger partial charge in [-0.25, -0.2) is 0 Å². The van der Waals surface area contributed by atoms with Crippen molar-refractivity contribution in [2.24, 2.45) is 0 Å². The summed E-state index contributed by atoms with van der Waals surface area (Å²) in [4.78, 5) is 30.0. The Balaban J connectivity index is -0.000000720. The number of hydrogen-bond acceptors (Lipinski definition) is 7. The minimum atomic E-state index is -2.97. The fourth-order valence-electron chi connectivity index (χ4n) is 0.684. The number of carbonyl (C=O) groups excluding carboxylic acids is 3. The van der Waals surface area contributed by atoms with Crippen LogP contribution < -0.4 is 15.3 Å². The molecule has 0 atom stereocenters. The summed E-state index contributed by atoms with van der Waals surface area (Å²) in [5.41, 5.74) is -2.97. The molecule has 1 N–H and O–H groups in total. The van der Waals surface area contributed by atoms with Gasteiger partial charge in [0.15, 0.2) is 0 Å². The smallest absolute Gasteiger partial charge is 0.114 e. The Kier molecular flexibility index (Phi) is 6.13. The molecule has 0 heterocycles. The van der Waals surface area contributed by atoms with E-state index in [4.69, 9.17) is 5.11 Å². The number of aliphatic carboxylic acids is 3. The predicted octanol–water partition coefficient (Wildman–Crippen LogP) is -5.14. The zero-order valence-corrected chi connectivity index (χ0v) is 7.55. The minimum absolute atomic E-state index is 0. The van der Waals surface area contributed by atoms with Crippen molar-refractivity contribution in [3.05, 3.63) is 0 Å². The molecule has 0 aliphatic rings. The van der Waals surface area contributed by atoms with Gasteiger partial charge < -0.3 is 36.2 Å². The first kappa shape index (κ1) is 15.4. The van der Waals surface area contributed by atoms with E-state index in [0.717, 1.165) is 0 Å². The molecule has 0 rings (SSSR count). The molecule has 0 saturated carbocycles. The SMILES string of the molecule is O=C([O-])CC(O)(CC(=O)[O-])C(=O)[O-].[Cu].[H-]. The normalized spacial score (nSPS) is 10.1. The summed E-state index contributed by atoms with van der Waals surface area (Å²) in [5.74, 6) is -5.98. The summed E-state index contributed by atoms with van der Waals surface area (Å²) >= 11 is 0. The van der Waals surface area contributed by atoms with Gasteiger partial charge in [0.2, 0.25) is 0 Å². The Morgan fingerprint density at radius 3 is 1.50 bits per heavy atom. The number of carbonyl (C=O) groups is 3. The summed E-state index contributed by atoms with van der Waals surface area (Å²) in [7, 11) is 0. The van der Waals surface area contributed by atoms with Gasteiger partial charge in [-0.2, -0.15) is 0 Å². The van der Waals surface area contributed by atoms with Crippen LogP contribution in [-0.2, 0) is 31.5 Å². The van der Waals surface area contributed by atoms with Crippen molar-refractivity contribution in [1.82, 2.24) is 0 Å². The fourth-order valence-corrected chi connectivity index (χ4v) is 0.684. The molecule has 0 fully saturated rings. The molecule has 0 aromatic carbocycles. The van der Waals surface area contributed by atoms with E-state index in [1.165, 1.54) is 0 Å². The van der Waals surface area contributed by atoms with Crippen molar-refractivity contribution in [2.75, 3.05) is 0 Å². The van der Waals surface area contributed by atoms with Crippen LogP contribution in [0.15, 0.2) is 0 Å². The van der Waals surface area contributed by atoms with Crippen LogP contribution in [0.25, 0.3) is 0 Å². The third kappa shape index (κ3) is 4.80. The molecule has 7 nitrogen and oxygen atoms in total. The van der Waals surface area contributed by atoms with Crippen LogP contribution in [0, 0.1) is 0 Å². The predicted molar refractivity (Wildman–Crippen MR) is 30.3 cm³/mol. The van der Waals surface area contributed by atoms with Gasteiger partial charge in [-0.05, 0) is 0 Å². The molecule has 0 saturated heterocycles. The second-order valence-corrected chi connectivity index (χ2v) is 2.42. The van der Waals surface area contributed by atoms with Gasteiger partial charge in [-0.1, -0.05) is 0 Å². The molecular formula is C6H6CuO7-4. The van der Waals surface area contributed by atoms with Gasteiger partial charge >= 0.3 is 0 Å². The van der Waals surface area contributed by atoms with Crippen LogP contribution in [0.3, 0.4) is 0 Å². The van der Waals surface area contributed by atoms with Crippen molar-refractivity contribution in [1.29, 1.82) is 0 Å². The second kappa shape index (κ2) is 5.58. The third-order valence-electron chi connectivity index (χ3n) is 1.25. The fraction of sp³-hybridized carbons (Fsp3) is 0.500. The maximum atomic E-state index is 10.1. The van der Waals surface area contributed by atoms with E-state index in [1.807, 2.05) is 0 Å². The summed E-state index contributed by atoms with van der Waals surface area (Å²) in [6, 6.07) is 0. The summed E-state index contributed by atoms with van der Waals surface area (Å²) < 4.78 is 0.